The number of anilines is 1. The monoisotopic (exact) mass is 414 g/mol. The lowest BCUT2D eigenvalue weighted by atomic mass is 10.2. The van der Waals surface area contributed by atoms with Gasteiger partial charge in [0.1, 0.15) is 11.5 Å². The largest absolute Gasteiger partial charge is 0.495 e. The molecular weight excluding hydrogens is 392 g/mol. The van der Waals surface area contributed by atoms with Crippen molar-refractivity contribution in [1.29, 1.82) is 0 Å². The molecule has 0 saturated heterocycles. The molecule has 29 heavy (non-hydrogen) atoms. The Morgan fingerprint density at radius 2 is 2.00 bits per heavy atom. The maximum atomic E-state index is 13.1. The van der Waals surface area contributed by atoms with Crippen LogP contribution in [0.1, 0.15) is 12.0 Å². The number of fused-ring (bicyclic) bond motifs is 1. The third-order valence-electron chi connectivity index (χ3n) is 4.66. The molecular formula is C21H22N2O5S. The minimum Gasteiger partial charge on any atom is -0.495 e. The standard InChI is InChI=1S/C21H22N2O5S/c1-14-3-4-19(26-2)18(11-14)23-29(24,25)17-12-15-7-10-27-21(15)20(13-17)28-16-5-8-22-9-6-16/h3-5,7,10-13,22-23H,6,8-9H2,1-2H3. The Morgan fingerprint density at radius 3 is 2.76 bits per heavy atom. The summed E-state index contributed by atoms with van der Waals surface area (Å²) in [5.74, 6) is 1.60. The molecule has 4 rings (SSSR count). The minimum atomic E-state index is -3.88. The van der Waals surface area contributed by atoms with Gasteiger partial charge in [-0.1, -0.05) is 6.07 Å². The van der Waals surface area contributed by atoms with Gasteiger partial charge in [-0.3, -0.25) is 4.72 Å². The van der Waals surface area contributed by atoms with E-state index in [1.165, 1.54) is 19.4 Å². The molecule has 0 amide bonds. The van der Waals surface area contributed by atoms with Crippen LogP contribution in [0.2, 0.25) is 0 Å². The van der Waals surface area contributed by atoms with E-state index >= 15 is 0 Å². The molecule has 0 unspecified atom stereocenters. The Morgan fingerprint density at radius 1 is 1.14 bits per heavy atom. The molecule has 0 bridgehead atoms. The zero-order chi connectivity index (χ0) is 20.4. The van der Waals surface area contributed by atoms with E-state index in [0.29, 0.717) is 34.7 Å². The molecule has 7 nitrogen and oxygen atoms in total. The molecule has 0 atom stereocenters. The van der Waals surface area contributed by atoms with Gasteiger partial charge in [0.15, 0.2) is 11.3 Å². The number of hydrogen-bond acceptors (Lipinski definition) is 6. The van der Waals surface area contributed by atoms with Crippen LogP contribution in [0.15, 0.2) is 63.8 Å². The molecule has 0 fully saturated rings. The normalized spacial score (nSPS) is 14.5. The molecule has 0 radical (unpaired) electrons. The Kier molecular flexibility index (Phi) is 5.21. The van der Waals surface area contributed by atoms with Gasteiger partial charge in [-0.15, -0.1) is 0 Å². The lowest BCUT2D eigenvalue weighted by molar-refractivity contribution is 0.384. The van der Waals surface area contributed by atoms with E-state index < -0.39 is 10.0 Å². The zero-order valence-electron chi connectivity index (χ0n) is 16.2. The Hall–Kier alpha value is -2.97. The summed E-state index contributed by atoms with van der Waals surface area (Å²) in [6.07, 6.45) is 4.18. The molecule has 2 heterocycles. The highest BCUT2D eigenvalue weighted by Gasteiger charge is 2.21. The van der Waals surface area contributed by atoms with Gasteiger partial charge in [-0.2, -0.15) is 0 Å². The lowest BCUT2D eigenvalue weighted by Gasteiger charge is -2.16. The third-order valence-corrected chi connectivity index (χ3v) is 6.01. The first kappa shape index (κ1) is 19.4. The summed E-state index contributed by atoms with van der Waals surface area (Å²) in [5, 5.41) is 3.86. The molecule has 2 aromatic carbocycles. The topological polar surface area (TPSA) is 89.8 Å². The van der Waals surface area contributed by atoms with Gasteiger partial charge in [0.05, 0.1) is 24.0 Å². The number of rotatable bonds is 6. The van der Waals surface area contributed by atoms with E-state index in [9.17, 15) is 8.42 Å². The molecule has 3 aromatic rings. The second kappa shape index (κ2) is 7.81. The van der Waals surface area contributed by atoms with Gasteiger partial charge in [0, 0.05) is 31.0 Å². The van der Waals surface area contributed by atoms with Crippen molar-refractivity contribution in [2.75, 3.05) is 24.9 Å². The fraction of sp³-hybridized carbons (Fsp3) is 0.238. The molecule has 1 aliphatic rings. The van der Waals surface area contributed by atoms with Crippen molar-refractivity contribution in [3.63, 3.8) is 0 Å². The highest BCUT2D eigenvalue weighted by Crippen LogP contribution is 2.34. The molecule has 1 aliphatic heterocycles. The van der Waals surface area contributed by atoms with Crippen molar-refractivity contribution in [2.24, 2.45) is 0 Å². The van der Waals surface area contributed by atoms with Crippen LogP contribution in [0, 0.1) is 6.92 Å². The van der Waals surface area contributed by atoms with Crippen LogP contribution < -0.4 is 19.5 Å². The van der Waals surface area contributed by atoms with Crippen LogP contribution in [0.4, 0.5) is 5.69 Å². The minimum absolute atomic E-state index is 0.0829. The molecule has 0 aliphatic carbocycles. The van der Waals surface area contributed by atoms with E-state index in [0.717, 1.165) is 24.3 Å². The van der Waals surface area contributed by atoms with Crippen molar-refractivity contribution >= 4 is 26.7 Å². The predicted molar refractivity (Wildman–Crippen MR) is 111 cm³/mol. The van der Waals surface area contributed by atoms with Crippen molar-refractivity contribution in [2.45, 2.75) is 18.2 Å². The van der Waals surface area contributed by atoms with E-state index in [1.807, 2.05) is 19.1 Å². The van der Waals surface area contributed by atoms with Crippen molar-refractivity contribution in [1.82, 2.24) is 5.32 Å². The summed E-state index contributed by atoms with van der Waals surface area (Å²) in [6, 6.07) is 10.1. The van der Waals surface area contributed by atoms with Crippen LogP contribution in [-0.4, -0.2) is 28.6 Å². The average Bonchev–Trinajstić information content (AvgIpc) is 3.18. The number of ether oxygens (including phenoxy) is 2. The molecule has 0 saturated carbocycles. The average molecular weight is 414 g/mol. The summed E-state index contributed by atoms with van der Waals surface area (Å²) >= 11 is 0. The van der Waals surface area contributed by atoms with Crippen molar-refractivity contribution < 1.29 is 22.3 Å². The first-order chi connectivity index (χ1) is 14.0. The summed E-state index contributed by atoms with van der Waals surface area (Å²) in [4.78, 5) is 0.0829. The van der Waals surface area contributed by atoms with E-state index in [1.54, 1.807) is 24.3 Å². The number of benzene rings is 2. The molecule has 8 heteroatoms. The van der Waals surface area contributed by atoms with Crippen molar-refractivity contribution in [3.05, 3.63) is 60.1 Å². The van der Waals surface area contributed by atoms with Crippen LogP contribution in [0.5, 0.6) is 11.5 Å². The van der Waals surface area contributed by atoms with Crippen LogP contribution >= 0.6 is 0 Å². The number of methoxy groups -OCH3 is 1. The number of furan rings is 1. The van der Waals surface area contributed by atoms with Gasteiger partial charge in [0.25, 0.3) is 10.0 Å². The predicted octanol–water partition coefficient (Wildman–Crippen LogP) is 3.81. The highest BCUT2D eigenvalue weighted by atomic mass is 32.2. The molecule has 152 valence electrons. The zero-order valence-corrected chi connectivity index (χ0v) is 17.0. The second-order valence-electron chi connectivity index (χ2n) is 6.80. The van der Waals surface area contributed by atoms with E-state index in [-0.39, 0.29) is 4.90 Å². The first-order valence-electron chi connectivity index (χ1n) is 9.22. The maximum absolute atomic E-state index is 13.1. The highest BCUT2D eigenvalue weighted by molar-refractivity contribution is 7.92. The second-order valence-corrected chi connectivity index (χ2v) is 8.48. The Balaban J connectivity index is 1.73. The summed E-state index contributed by atoms with van der Waals surface area (Å²) < 4.78 is 45.6. The van der Waals surface area contributed by atoms with Gasteiger partial charge in [-0.05, 0) is 42.8 Å². The summed E-state index contributed by atoms with van der Waals surface area (Å²) in [7, 11) is -2.38. The SMILES string of the molecule is COc1ccc(C)cc1NS(=O)(=O)c1cc(OC2=CCNCC2)c2occc2c1. The third kappa shape index (κ3) is 4.08. The number of aryl methyl sites for hydroxylation is 1. The molecule has 0 spiro atoms. The number of nitrogens with one attached hydrogen (secondary N) is 2. The van der Waals surface area contributed by atoms with Gasteiger partial charge >= 0.3 is 0 Å². The molecule has 1 aromatic heterocycles. The van der Waals surface area contributed by atoms with Crippen LogP contribution in [0.25, 0.3) is 11.0 Å². The first-order valence-corrected chi connectivity index (χ1v) is 10.7. The number of sulfonamides is 1. The van der Waals surface area contributed by atoms with Crippen LogP contribution in [-0.2, 0) is 10.0 Å². The smallest absolute Gasteiger partial charge is 0.262 e. The maximum Gasteiger partial charge on any atom is 0.262 e. The van der Waals surface area contributed by atoms with E-state index in [2.05, 4.69) is 10.0 Å². The fourth-order valence-electron chi connectivity index (χ4n) is 3.19. The van der Waals surface area contributed by atoms with Crippen LogP contribution in [0.3, 0.4) is 0 Å². The molecule has 2 N–H and O–H groups in total. The van der Waals surface area contributed by atoms with E-state index in [4.69, 9.17) is 13.9 Å². The van der Waals surface area contributed by atoms with Crippen molar-refractivity contribution in [3.8, 4) is 11.5 Å². The number of hydrogen-bond donors (Lipinski definition) is 2. The Labute approximate surface area is 169 Å². The van der Waals surface area contributed by atoms with Gasteiger partial charge < -0.3 is 19.2 Å². The summed E-state index contributed by atoms with van der Waals surface area (Å²) in [6.45, 7) is 3.40. The fourth-order valence-corrected chi connectivity index (χ4v) is 4.31. The Bertz CT molecular complexity index is 1180. The lowest BCUT2D eigenvalue weighted by Crippen LogP contribution is -2.22. The van der Waals surface area contributed by atoms with Gasteiger partial charge in [0.2, 0.25) is 0 Å². The van der Waals surface area contributed by atoms with Gasteiger partial charge in [-0.25, -0.2) is 8.42 Å². The summed E-state index contributed by atoms with van der Waals surface area (Å²) in [5.41, 5.74) is 1.80. The quantitative estimate of drug-likeness (QED) is 0.638.